The molecule has 15 heteroatoms. The standard InChI is InChI=1S/C21H27N5O10/c22-11(7-16(28)29)18(32)24-13(8-15(23)27)20(34)25-12(6-10-4-2-1-3-5-10)19(33)26-14(21(35)36)9-17(30)31/h1-5,11-14H,6-9,22H2,(H2,23,27)(H,24,32)(H,25,34)(H,26,33)(H,28,29)(H,30,31)(H,35,36). The summed E-state index contributed by atoms with van der Waals surface area (Å²) in [4.78, 5) is 82.4. The maximum atomic E-state index is 12.9. The summed E-state index contributed by atoms with van der Waals surface area (Å²) in [6.45, 7) is 0. The summed E-state index contributed by atoms with van der Waals surface area (Å²) in [6, 6.07) is 1.70. The minimum atomic E-state index is -1.81. The van der Waals surface area contributed by atoms with Crippen molar-refractivity contribution in [3.63, 3.8) is 0 Å². The van der Waals surface area contributed by atoms with Gasteiger partial charge >= 0.3 is 17.9 Å². The summed E-state index contributed by atoms with van der Waals surface area (Å²) in [6.07, 6.45) is -2.60. The summed E-state index contributed by atoms with van der Waals surface area (Å²) >= 11 is 0. The zero-order chi connectivity index (χ0) is 27.4. The van der Waals surface area contributed by atoms with Crippen molar-refractivity contribution in [2.75, 3.05) is 0 Å². The van der Waals surface area contributed by atoms with Crippen molar-refractivity contribution in [2.45, 2.75) is 49.9 Å². The summed E-state index contributed by atoms with van der Waals surface area (Å²) < 4.78 is 0. The maximum absolute atomic E-state index is 12.9. The van der Waals surface area contributed by atoms with Crippen molar-refractivity contribution >= 4 is 41.5 Å². The van der Waals surface area contributed by atoms with Crippen LogP contribution < -0.4 is 27.4 Å². The molecule has 1 rings (SSSR count). The molecule has 0 aromatic heterocycles. The van der Waals surface area contributed by atoms with Gasteiger partial charge in [0.05, 0.1) is 25.3 Å². The molecule has 1 aromatic rings. The summed E-state index contributed by atoms with van der Waals surface area (Å²) in [5.74, 6) is -8.72. The van der Waals surface area contributed by atoms with E-state index in [1.807, 2.05) is 5.32 Å². The van der Waals surface area contributed by atoms with Gasteiger partial charge < -0.3 is 42.7 Å². The lowest BCUT2D eigenvalue weighted by molar-refractivity contribution is -0.147. The number of primary amides is 1. The van der Waals surface area contributed by atoms with E-state index in [1.165, 1.54) is 0 Å². The molecule has 0 aliphatic carbocycles. The minimum Gasteiger partial charge on any atom is -0.481 e. The number of benzene rings is 1. The van der Waals surface area contributed by atoms with Crippen LogP contribution in [0.15, 0.2) is 30.3 Å². The third-order valence-electron chi connectivity index (χ3n) is 4.68. The highest BCUT2D eigenvalue weighted by Gasteiger charge is 2.32. The predicted molar refractivity (Wildman–Crippen MR) is 120 cm³/mol. The van der Waals surface area contributed by atoms with Gasteiger partial charge in [0, 0.05) is 6.42 Å². The second-order valence-electron chi connectivity index (χ2n) is 7.68. The zero-order valence-electron chi connectivity index (χ0n) is 18.9. The second kappa shape index (κ2) is 14.0. The number of rotatable bonds is 15. The molecular weight excluding hydrogens is 482 g/mol. The molecule has 0 fully saturated rings. The highest BCUT2D eigenvalue weighted by molar-refractivity contribution is 5.97. The first-order valence-electron chi connectivity index (χ1n) is 10.5. The van der Waals surface area contributed by atoms with Gasteiger partial charge in [0.2, 0.25) is 23.6 Å². The third-order valence-corrected chi connectivity index (χ3v) is 4.68. The fraction of sp³-hybridized carbons (Fsp3) is 0.381. The lowest BCUT2D eigenvalue weighted by Crippen LogP contribution is -2.58. The molecule has 0 heterocycles. The molecule has 1 aromatic carbocycles. The van der Waals surface area contributed by atoms with Gasteiger partial charge in [0.25, 0.3) is 0 Å². The molecule has 0 saturated heterocycles. The smallest absolute Gasteiger partial charge is 0.326 e. The van der Waals surface area contributed by atoms with Crippen molar-refractivity contribution < 1.29 is 48.9 Å². The summed E-state index contributed by atoms with van der Waals surface area (Å²) in [7, 11) is 0. The van der Waals surface area contributed by atoms with E-state index in [9.17, 15) is 38.7 Å². The van der Waals surface area contributed by atoms with E-state index in [0.717, 1.165) is 0 Å². The Kier molecular flexibility index (Phi) is 11.5. The number of carbonyl (C=O) groups excluding carboxylic acids is 4. The Labute approximate surface area is 204 Å². The number of carbonyl (C=O) groups is 7. The van der Waals surface area contributed by atoms with Crippen molar-refractivity contribution in [3.05, 3.63) is 35.9 Å². The first kappa shape index (κ1) is 29.5. The number of nitrogens with one attached hydrogen (secondary N) is 3. The van der Waals surface area contributed by atoms with Crippen LogP contribution in [0, 0.1) is 0 Å². The van der Waals surface area contributed by atoms with Crippen LogP contribution >= 0.6 is 0 Å². The van der Waals surface area contributed by atoms with E-state index < -0.39 is 85.0 Å². The van der Waals surface area contributed by atoms with Gasteiger partial charge in [-0.15, -0.1) is 0 Å². The molecule has 36 heavy (non-hydrogen) atoms. The molecule has 0 spiro atoms. The van der Waals surface area contributed by atoms with Gasteiger partial charge in [-0.05, 0) is 5.56 Å². The van der Waals surface area contributed by atoms with Gasteiger partial charge in [0.1, 0.15) is 18.1 Å². The van der Waals surface area contributed by atoms with Gasteiger partial charge in [-0.3, -0.25) is 28.8 Å². The number of hydrogen-bond donors (Lipinski definition) is 8. The molecule has 15 nitrogen and oxygen atoms in total. The Balaban J connectivity index is 3.14. The van der Waals surface area contributed by atoms with Crippen LogP contribution in [0.25, 0.3) is 0 Å². The molecule has 10 N–H and O–H groups in total. The van der Waals surface area contributed by atoms with E-state index in [0.29, 0.717) is 5.56 Å². The van der Waals surface area contributed by atoms with Crippen LogP contribution in [0.3, 0.4) is 0 Å². The molecule has 196 valence electrons. The number of hydrogen-bond acceptors (Lipinski definition) is 8. The van der Waals surface area contributed by atoms with E-state index in [1.54, 1.807) is 30.3 Å². The van der Waals surface area contributed by atoms with Crippen LogP contribution in [0.2, 0.25) is 0 Å². The average molecular weight is 509 g/mol. The predicted octanol–water partition coefficient (Wildman–Crippen LogP) is -3.08. The van der Waals surface area contributed by atoms with Gasteiger partial charge in [-0.25, -0.2) is 4.79 Å². The van der Waals surface area contributed by atoms with Crippen LogP contribution in [-0.4, -0.2) is 81.0 Å². The van der Waals surface area contributed by atoms with Crippen molar-refractivity contribution in [1.82, 2.24) is 16.0 Å². The topological polar surface area (TPSA) is 268 Å². The maximum Gasteiger partial charge on any atom is 0.326 e. The van der Waals surface area contributed by atoms with E-state index in [-0.39, 0.29) is 6.42 Å². The number of amides is 4. The monoisotopic (exact) mass is 509 g/mol. The zero-order valence-corrected chi connectivity index (χ0v) is 18.9. The quantitative estimate of drug-likeness (QED) is 0.117. The Hall–Kier alpha value is -4.53. The van der Waals surface area contributed by atoms with Gasteiger partial charge in [0.15, 0.2) is 0 Å². The molecule has 0 saturated carbocycles. The highest BCUT2D eigenvalue weighted by atomic mass is 16.4. The molecule has 4 atom stereocenters. The molecule has 0 aliphatic rings. The minimum absolute atomic E-state index is 0.173. The Morgan fingerprint density at radius 1 is 0.694 bits per heavy atom. The van der Waals surface area contributed by atoms with Crippen molar-refractivity contribution in [3.8, 4) is 0 Å². The largest absolute Gasteiger partial charge is 0.481 e. The fourth-order valence-electron chi connectivity index (χ4n) is 2.95. The Morgan fingerprint density at radius 3 is 1.69 bits per heavy atom. The normalized spacial score (nSPS) is 13.8. The van der Waals surface area contributed by atoms with Crippen LogP contribution in [0.5, 0.6) is 0 Å². The number of carboxylic acids is 3. The van der Waals surface area contributed by atoms with E-state index in [2.05, 4.69) is 10.6 Å². The number of aliphatic carboxylic acids is 3. The summed E-state index contributed by atoms with van der Waals surface area (Å²) in [5.41, 5.74) is 11.1. The summed E-state index contributed by atoms with van der Waals surface area (Å²) in [5, 5.41) is 33.3. The molecule has 0 bridgehead atoms. The molecule has 0 radical (unpaired) electrons. The first-order chi connectivity index (χ1) is 16.8. The molecular formula is C21H27N5O10. The third kappa shape index (κ3) is 10.6. The lowest BCUT2D eigenvalue weighted by atomic mass is 10.0. The van der Waals surface area contributed by atoms with E-state index in [4.69, 9.17) is 21.7 Å². The molecule has 4 unspecified atom stereocenters. The SMILES string of the molecule is NC(=O)CC(NC(=O)C(N)CC(=O)O)C(=O)NC(Cc1ccccc1)C(=O)NC(CC(=O)O)C(=O)O. The number of carboxylic acid groups (broad SMARTS) is 3. The second-order valence-corrected chi connectivity index (χ2v) is 7.68. The van der Waals surface area contributed by atoms with Crippen molar-refractivity contribution in [2.24, 2.45) is 11.5 Å². The van der Waals surface area contributed by atoms with Gasteiger partial charge in [-0.2, -0.15) is 0 Å². The van der Waals surface area contributed by atoms with Crippen molar-refractivity contribution in [1.29, 1.82) is 0 Å². The van der Waals surface area contributed by atoms with Gasteiger partial charge in [-0.1, -0.05) is 30.3 Å². The average Bonchev–Trinajstić information content (AvgIpc) is 2.77. The highest BCUT2D eigenvalue weighted by Crippen LogP contribution is 2.06. The van der Waals surface area contributed by atoms with Crippen LogP contribution in [0.1, 0.15) is 24.8 Å². The molecule has 0 aliphatic heterocycles. The fourth-order valence-corrected chi connectivity index (χ4v) is 2.95. The number of nitrogens with two attached hydrogens (primary N) is 2. The molecule has 4 amide bonds. The Morgan fingerprint density at radius 2 is 1.19 bits per heavy atom. The first-order valence-corrected chi connectivity index (χ1v) is 10.5. The van der Waals surface area contributed by atoms with Crippen LogP contribution in [-0.2, 0) is 40.0 Å². The van der Waals surface area contributed by atoms with E-state index >= 15 is 0 Å². The van der Waals surface area contributed by atoms with Crippen LogP contribution in [0.4, 0.5) is 0 Å². The lowest BCUT2D eigenvalue weighted by Gasteiger charge is -2.24. The Bertz CT molecular complexity index is 1000.